The number of halogens is 1. The van der Waals surface area contributed by atoms with Crippen molar-refractivity contribution in [3.63, 3.8) is 0 Å². The van der Waals surface area contributed by atoms with Gasteiger partial charge in [-0.3, -0.25) is 9.59 Å². The Morgan fingerprint density at radius 1 is 1.37 bits per heavy atom. The van der Waals surface area contributed by atoms with Crippen molar-refractivity contribution >= 4 is 33.5 Å². The van der Waals surface area contributed by atoms with Crippen molar-refractivity contribution in [2.24, 2.45) is 0 Å². The summed E-state index contributed by atoms with van der Waals surface area (Å²) in [4.78, 5) is 25.1. The van der Waals surface area contributed by atoms with E-state index in [-0.39, 0.29) is 12.5 Å². The quantitative estimate of drug-likeness (QED) is 0.910. The lowest BCUT2D eigenvalue weighted by molar-refractivity contribution is -0.137. The number of hydrogen-bond donors (Lipinski definition) is 1. The Kier molecular flexibility index (Phi) is 2.89. The van der Waals surface area contributed by atoms with Crippen LogP contribution < -0.4 is 4.90 Å². The molecule has 1 aliphatic carbocycles. The molecule has 1 saturated carbocycles. The zero-order chi connectivity index (χ0) is 13.6. The van der Waals surface area contributed by atoms with E-state index < -0.39 is 11.4 Å². The van der Waals surface area contributed by atoms with E-state index in [9.17, 15) is 9.59 Å². The van der Waals surface area contributed by atoms with Gasteiger partial charge >= 0.3 is 5.97 Å². The molecule has 1 amide bonds. The van der Waals surface area contributed by atoms with Crippen LogP contribution in [0.3, 0.4) is 0 Å². The first-order valence-corrected chi connectivity index (χ1v) is 7.18. The predicted molar refractivity (Wildman–Crippen MR) is 74.3 cm³/mol. The average molecular weight is 324 g/mol. The van der Waals surface area contributed by atoms with Crippen molar-refractivity contribution in [2.75, 3.05) is 11.4 Å². The first kappa shape index (κ1) is 12.7. The maximum atomic E-state index is 12.7. The average Bonchev–Trinajstić information content (AvgIpc) is 2.91. The molecular weight excluding hydrogens is 310 g/mol. The van der Waals surface area contributed by atoms with Crippen molar-refractivity contribution in [3.8, 4) is 0 Å². The van der Waals surface area contributed by atoms with Gasteiger partial charge in [0.2, 0.25) is 5.91 Å². The molecule has 100 valence electrons. The summed E-state index contributed by atoms with van der Waals surface area (Å²) in [7, 11) is 0. The van der Waals surface area contributed by atoms with Gasteiger partial charge in [-0.1, -0.05) is 34.8 Å². The lowest BCUT2D eigenvalue weighted by atomic mass is 9.80. The fourth-order valence-corrected chi connectivity index (χ4v) is 3.72. The van der Waals surface area contributed by atoms with Gasteiger partial charge in [-0.05, 0) is 30.5 Å². The van der Waals surface area contributed by atoms with Gasteiger partial charge < -0.3 is 10.0 Å². The SMILES string of the molecule is O=C(O)CN1C(=O)C2(CCCC2)c2ccc(Br)cc21. The van der Waals surface area contributed by atoms with E-state index in [4.69, 9.17) is 5.11 Å². The van der Waals surface area contributed by atoms with Gasteiger partial charge in [0.15, 0.2) is 0 Å². The fourth-order valence-electron chi connectivity index (χ4n) is 3.37. The number of rotatable bonds is 2. The minimum atomic E-state index is -0.977. The molecule has 19 heavy (non-hydrogen) atoms. The highest BCUT2D eigenvalue weighted by atomic mass is 79.9. The molecule has 1 aliphatic heterocycles. The molecule has 0 bridgehead atoms. The molecule has 5 heteroatoms. The van der Waals surface area contributed by atoms with Crippen LogP contribution in [0, 0.1) is 0 Å². The van der Waals surface area contributed by atoms with E-state index in [1.54, 1.807) is 0 Å². The summed E-state index contributed by atoms with van der Waals surface area (Å²) in [6.07, 6.45) is 3.72. The minimum Gasteiger partial charge on any atom is -0.480 e. The number of aliphatic carboxylic acids is 1. The second-order valence-corrected chi connectivity index (χ2v) is 6.15. The van der Waals surface area contributed by atoms with Crippen molar-refractivity contribution in [1.29, 1.82) is 0 Å². The molecule has 4 nitrogen and oxygen atoms in total. The van der Waals surface area contributed by atoms with Gasteiger partial charge in [0.05, 0.1) is 5.41 Å². The van der Waals surface area contributed by atoms with Gasteiger partial charge in [0, 0.05) is 10.2 Å². The van der Waals surface area contributed by atoms with Crippen LogP contribution in [-0.2, 0) is 15.0 Å². The number of hydrogen-bond acceptors (Lipinski definition) is 2. The number of carboxylic acid groups (broad SMARTS) is 1. The summed E-state index contributed by atoms with van der Waals surface area (Å²) in [5, 5.41) is 9.01. The van der Waals surface area contributed by atoms with Gasteiger partial charge in [-0.2, -0.15) is 0 Å². The van der Waals surface area contributed by atoms with Crippen LogP contribution in [-0.4, -0.2) is 23.5 Å². The maximum absolute atomic E-state index is 12.7. The Hall–Kier alpha value is -1.36. The molecular formula is C14H14BrNO3. The molecule has 0 atom stereocenters. The number of carbonyl (C=O) groups excluding carboxylic acids is 1. The lowest BCUT2D eigenvalue weighted by Gasteiger charge is -2.22. The van der Waals surface area contributed by atoms with Crippen LogP contribution in [0.2, 0.25) is 0 Å². The van der Waals surface area contributed by atoms with Crippen LogP contribution >= 0.6 is 15.9 Å². The van der Waals surface area contributed by atoms with Crippen LogP contribution in [0.4, 0.5) is 5.69 Å². The number of benzene rings is 1. The van der Waals surface area contributed by atoms with Crippen molar-refractivity contribution in [3.05, 3.63) is 28.2 Å². The largest absolute Gasteiger partial charge is 0.480 e. The molecule has 1 heterocycles. The highest BCUT2D eigenvalue weighted by molar-refractivity contribution is 9.10. The number of anilines is 1. The lowest BCUT2D eigenvalue weighted by Crippen LogP contribution is -2.40. The molecule has 2 aliphatic rings. The Bertz CT molecular complexity index is 564. The van der Waals surface area contributed by atoms with E-state index in [2.05, 4.69) is 15.9 Å². The van der Waals surface area contributed by atoms with Gasteiger partial charge in [0.25, 0.3) is 0 Å². The third kappa shape index (κ3) is 1.79. The molecule has 0 radical (unpaired) electrons. The number of fused-ring (bicyclic) bond motifs is 2. The number of amides is 1. The Balaban J connectivity index is 2.13. The monoisotopic (exact) mass is 323 g/mol. The van der Waals surface area contributed by atoms with Crippen LogP contribution in [0.1, 0.15) is 31.2 Å². The molecule has 1 spiro atoms. The summed E-state index contributed by atoms with van der Waals surface area (Å²) in [6, 6.07) is 5.74. The minimum absolute atomic E-state index is 0.0412. The summed E-state index contributed by atoms with van der Waals surface area (Å²) in [5.41, 5.74) is 1.29. The highest BCUT2D eigenvalue weighted by Crippen LogP contribution is 2.51. The van der Waals surface area contributed by atoms with Gasteiger partial charge in [-0.25, -0.2) is 0 Å². The summed E-state index contributed by atoms with van der Waals surface area (Å²) < 4.78 is 0.865. The molecule has 1 aromatic carbocycles. The summed E-state index contributed by atoms with van der Waals surface area (Å²) >= 11 is 3.39. The Labute approximate surface area is 119 Å². The first-order chi connectivity index (χ1) is 9.04. The van der Waals surface area contributed by atoms with E-state index in [1.165, 1.54) is 4.90 Å². The van der Waals surface area contributed by atoms with E-state index in [0.717, 1.165) is 41.4 Å². The normalized spacial score (nSPS) is 20.1. The molecule has 1 fully saturated rings. The molecule has 0 unspecified atom stereocenters. The standard InChI is InChI=1S/C14H14BrNO3/c15-9-3-4-10-11(7-9)16(8-12(17)18)13(19)14(10)5-1-2-6-14/h3-4,7H,1-2,5-6,8H2,(H,17,18). The number of carboxylic acids is 1. The van der Waals surface area contributed by atoms with Crippen LogP contribution in [0.15, 0.2) is 22.7 Å². The summed E-state index contributed by atoms with van der Waals surface area (Å²) in [6.45, 7) is -0.260. The molecule has 1 N–H and O–H groups in total. The first-order valence-electron chi connectivity index (χ1n) is 6.38. The zero-order valence-electron chi connectivity index (χ0n) is 10.4. The van der Waals surface area contributed by atoms with Gasteiger partial charge in [0.1, 0.15) is 6.54 Å². The third-order valence-electron chi connectivity index (χ3n) is 4.17. The van der Waals surface area contributed by atoms with Crippen molar-refractivity contribution in [1.82, 2.24) is 0 Å². The maximum Gasteiger partial charge on any atom is 0.323 e. The Morgan fingerprint density at radius 3 is 2.68 bits per heavy atom. The smallest absolute Gasteiger partial charge is 0.323 e. The van der Waals surface area contributed by atoms with E-state index in [1.807, 2.05) is 18.2 Å². The van der Waals surface area contributed by atoms with Crippen LogP contribution in [0.5, 0.6) is 0 Å². The van der Waals surface area contributed by atoms with Crippen molar-refractivity contribution in [2.45, 2.75) is 31.1 Å². The van der Waals surface area contributed by atoms with Crippen LogP contribution in [0.25, 0.3) is 0 Å². The number of nitrogens with zero attached hydrogens (tertiary/aromatic N) is 1. The number of carbonyl (C=O) groups is 2. The van der Waals surface area contributed by atoms with Crippen molar-refractivity contribution < 1.29 is 14.7 Å². The fraction of sp³-hybridized carbons (Fsp3) is 0.429. The highest BCUT2D eigenvalue weighted by Gasteiger charge is 2.52. The van der Waals surface area contributed by atoms with E-state index >= 15 is 0 Å². The molecule has 0 saturated heterocycles. The molecule has 1 aromatic rings. The topological polar surface area (TPSA) is 57.6 Å². The Morgan fingerprint density at radius 2 is 2.05 bits per heavy atom. The van der Waals surface area contributed by atoms with Gasteiger partial charge in [-0.15, -0.1) is 0 Å². The van der Waals surface area contributed by atoms with E-state index in [0.29, 0.717) is 0 Å². The second-order valence-electron chi connectivity index (χ2n) is 5.24. The zero-order valence-corrected chi connectivity index (χ0v) is 11.9. The summed E-state index contributed by atoms with van der Waals surface area (Å²) in [5.74, 6) is -1.02. The molecule has 0 aromatic heterocycles. The molecule has 3 rings (SSSR count). The predicted octanol–water partition coefficient (Wildman–Crippen LogP) is 2.69. The third-order valence-corrected chi connectivity index (χ3v) is 4.66. The second kappa shape index (κ2) is 4.34.